The normalized spacial score (nSPS) is 10.4. The number of rotatable bonds is 4. The monoisotopic (exact) mass is 277 g/mol. The van der Waals surface area contributed by atoms with E-state index in [9.17, 15) is 9.18 Å². The van der Waals surface area contributed by atoms with Crippen molar-refractivity contribution >= 4 is 11.6 Å². The van der Waals surface area contributed by atoms with Gasteiger partial charge >= 0.3 is 0 Å². The zero-order chi connectivity index (χ0) is 14.7. The molecule has 1 aromatic heterocycles. The molecule has 0 aliphatic rings. The van der Waals surface area contributed by atoms with Crippen molar-refractivity contribution in [2.24, 2.45) is 12.9 Å². The first-order valence-corrected chi connectivity index (χ1v) is 6.01. The minimum absolute atomic E-state index is 0.0100. The third kappa shape index (κ3) is 2.62. The summed E-state index contributed by atoms with van der Waals surface area (Å²) in [6, 6.07) is 4.23. The second kappa shape index (κ2) is 5.70. The van der Waals surface area contributed by atoms with Gasteiger partial charge in [0.15, 0.2) is 0 Å². The zero-order valence-electron chi connectivity index (χ0n) is 11.3. The third-order valence-corrected chi connectivity index (χ3v) is 3.03. The number of hydrogen-bond acceptors (Lipinski definition) is 4. The molecule has 20 heavy (non-hydrogen) atoms. The summed E-state index contributed by atoms with van der Waals surface area (Å²) < 4.78 is 15.4. The lowest BCUT2D eigenvalue weighted by atomic mass is 10.1. The second-order valence-electron chi connectivity index (χ2n) is 4.42. The lowest BCUT2D eigenvalue weighted by Crippen LogP contribution is -2.29. The van der Waals surface area contributed by atoms with Gasteiger partial charge in [0.25, 0.3) is 5.91 Å². The van der Waals surface area contributed by atoms with E-state index in [0.717, 1.165) is 5.82 Å². The van der Waals surface area contributed by atoms with Crippen molar-refractivity contribution in [1.29, 1.82) is 0 Å². The summed E-state index contributed by atoms with van der Waals surface area (Å²) in [7, 11) is 3.47. The molecular weight excluding hydrogens is 261 g/mol. The van der Waals surface area contributed by atoms with Gasteiger partial charge in [0.2, 0.25) is 0 Å². The van der Waals surface area contributed by atoms with E-state index in [0.29, 0.717) is 6.54 Å². The number of aromatic nitrogens is 2. The minimum atomic E-state index is -0.566. The molecule has 0 radical (unpaired) electrons. The maximum absolute atomic E-state index is 13.6. The van der Waals surface area contributed by atoms with E-state index < -0.39 is 5.82 Å². The van der Waals surface area contributed by atoms with E-state index in [2.05, 4.69) is 10.4 Å². The molecule has 3 N–H and O–H groups in total. The van der Waals surface area contributed by atoms with Gasteiger partial charge in [0.1, 0.15) is 11.6 Å². The Bertz CT molecular complexity index is 625. The molecule has 1 amide bonds. The molecule has 0 saturated heterocycles. The fourth-order valence-corrected chi connectivity index (χ4v) is 1.89. The predicted octanol–water partition coefficient (Wildman–Crippen LogP) is 1.12. The van der Waals surface area contributed by atoms with E-state index in [1.807, 2.05) is 11.6 Å². The van der Waals surface area contributed by atoms with Crippen molar-refractivity contribution in [3.63, 3.8) is 0 Å². The topological polar surface area (TPSA) is 76.2 Å². The lowest BCUT2D eigenvalue weighted by Gasteiger charge is -2.18. The first kappa shape index (κ1) is 14.0. The summed E-state index contributed by atoms with van der Waals surface area (Å²) in [4.78, 5) is 17.9. The van der Waals surface area contributed by atoms with Gasteiger partial charge in [0.05, 0.1) is 17.8 Å². The summed E-state index contributed by atoms with van der Waals surface area (Å²) in [6.45, 7) is 0.322. The van der Waals surface area contributed by atoms with Crippen LogP contribution in [0.1, 0.15) is 16.2 Å². The first-order valence-electron chi connectivity index (χ1n) is 6.01. The Morgan fingerprint density at radius 1 is 1.55 bits per heavy atom. The van der Waals surface area contributed by atoms with Crippen LogP contribution in [0.2, 0.25) is 0 Å². The number of halogens is 1. The number of nitrogens with two attached hydrogens (primary N) is 1. The first-order chi connectivity index (χ1) is 9.54. The molecule has 0 spiro atoms. The Hall–Kier alpha value is -2.41. The number of nitrogens with one attached hydrogen (secondary N) is 1. The van der Waals surface area contributed by atoms with E-state index in [-0.39, 0.29) is 17.2 Å². The lowest BCUT2D eigenvalue weighted by molar-refractivity contribution is 0.0781. The summed E-state index contributed by atoms with van der Waals surface area (Å²) in [5, 5.41) is 0. The molecule has 0 aliphatic carbocycles. The van der Waals surface area contributed by atoms with Crippen LogP contribution in [-0.2, 0) is 13.6 Å². The predicted molar refractivity (Wildman–Crippen MR) is 73.2 cm³/mol. The Kier molecular flexibility index (Phi) is 3.99. The second-order valence-corrected chi connectivity index (χ2v) is 4.42. The molecule has 1 heterocycles. The number of nitrogen functional groups attached to an aromatic ring is 1. The maximum atomic E-state index is 13.6. The number of carbonyl (C=O) groups is 1. The van der Waals surface area contributed by atoms with Gasteiger partial charge in [-0.1, -0.05) is 6.07 Å². The van der Waals surface area contributed by atoms with Crippen LogP contribution in [0.4, 0.5) is 10.1 Å². The molecule has 0 atom stereocenters. The molecule has 7 heteroatoms. The number of nitrogens with zero attached hydrogens (tertiary/aromatic N) is 3. The molecular formula is C13H16FN5O. The maximum Gasteiger partial charge on any atom is 0.256 e. The van der Waals surface area contributed by atoms with Crippen LogP contribution in [0.3, 0.4) is 0 Å². The highest BCUT2D eigenvalue weighted by Crippen LogP contribution is 2.20. The Morgan fingerprint density at radius 3 is 2.90 bits per heavy atom. The van der Waals surface area contributed by atoms with Crippen LogP contribution in [-0.4, -0.2) is 27.4 Å². The smallest absolute Gasteiger partial charge is 0.256 e. The molecule has 0 aliphatic heterocycles. The molecule has 0 saturated carbocycles. The molecule has 2 rings (SSSR count). The molecule has 6 nitrogen and oxygen atoms in total. The van der Waals surface area contributed by atoms with Crippen LogP contribution in [0.15, 0.2) is 30.6 Å². The van der Waals surface area contributed by atoms with Gasteiger partial charge in [-0.15, -0.1) is 0 Å². The minimum Gasteiger partial charge on any atom is -0.337 e. The zero-order valence-corrected chi connectivity index (χ0v) is 11.3. The number of hydrazine groups is 1. The van der Waals surface area contributed by atoms with Gasteiger partial charge in [-0.25, -0.2) is 9.37 Å². The average Bonchev–Trinajstić information content (AvgIpc) is 2.83. The number of benzene rings is 1. The summed E-state index contributed by atoms with van der Waals surface area (Å²) in [5.41, 5.74) is 2.40. The van der Waals surface area contributed by atoms with E-state index >= 15 is 0 Å². The highest BCUT2D eigenvalue weighted by Gasteiger charge is 2.19. The quantitative estimate of drug-likeness (QED) is 0.648. The van der Waals surface area contributed by atoms with Gasteiger partial charge in [-0.3, -0.25) is 10.6 Å². The number of amides is 1. The average molecular weight is 277 g/mol. The van der Waals surface area contributed by atoms with Gasteiger partial charge in [0, 0.05) is 26.5 Å². The molecule has 0 bridgehead atoms. The van der Waals surface area contributed by atoms with E-state index in [1.54, 1.807) is 19.4 Å². The van der Waals surface area contributed by atoms with Crippen LogP contribution >= 0.6 is 0 Å². The summed E-state index contributed by atoms with van der Waals surface area (Å²) in [6.07, 6.45) is 3.45. The highest BCUT2D eigenvalue weighted by molar-refractivity contribution is 5.99. The summed E-state index contributed by atoms with van der Waals surface area (Å²) >= 11 is 0. The Labute approximate surface area is 116 Å². The van der Waals surface area contributed by atoms with Crippen molar-refractivity contribution < 1.29 is 9.18 Å². The summed E-state index contributed by atoms with van der Waals surface area (Å²) in [5.74, 6) is 5.11. The van der Waals surface area contributed by atoms with Crippen molar-refractivity contribution in [3.8, 4) is 0 Å². The number of imidazole rings is 1. The molecule has 2 aromatic rings. The van der Waals surface area contributed by atoms with E-state index in [1.165, 1.54) is 23.1 Å². The number of carbonyl (C=O) groups excluding carboxylic acids is 1. The van der Waals surface area contributed by atoms with E-state index in [4.69, 9.17) is 5.84 Å². The fourth-order valence-electron chi connectivity index (χ4n) is 1.89. The van der Waals surface area contributed by atoms with Gasteiger partial charge in [-0.05, 0) is 12.1 Å². The van der Waals surface area contributed by atoms with Crippen LogP contribution in [0.5, 0.6) is 0 Å². The Balaban J connectivity index is 2.23. The number of para-hydroxylation sites is 1. The van der Waals surface area contributed by atoms with Crippen molar-refractivity contribution in [2.75, 3.05) is 12.5 Å². The van der Waals surface area contributed by atoms with Crippen LogP contribution in [0, 0.1) is 5.82 Å². The van der Waals surface area contributed by atoms with Crippen LogP contribution in [0.25, 0.3) is 0 Å². The Morgan fingerprint density at radius 2 is 2.30 bits per heavy atom. The third-order valence-electron chi connectivity index (χ3n) is 3.03. The molecule has 0 fully saturated rings. The molecule has 0 unspecified atom stereocenters. The highest BCUT2D eigenvalue weighted by atomic mass is 19.1. The largest absolute Gasteiger partial charge is 0.337 e. The van der Waals surface area contributed by atoms with Crippen molar-refractivity contribution in [3.05, 3.63) is 47.8 Å². The number of hydrogen-bond donors (Lipinski definition) is 2. The number of aryl methyl sites for hydroxylation is 1. The SMILES string of the molecule is CN(Cc1nccn1C)C(=O)c1cccc(F)c1NN. The molecule has 106 valence electrons. The van der Waals surface area contributed by atoms with Gasteiger partial charge in [-0.2, -0.15) is 0 Å². The van der Waals surface area contributed by atoms with Crippen LogP contribution < -0.4 is 11.3 Å². The van der Waals surface area contributed by atoms with Crippen molar-refractivity contribution in [1.82, 2.24) is 14.5 Å². The van der Waals surface area contributed by atoms with Crippen molar-refractivity contribution in [2.45, 2.75) is 6.54 Å². The van der Waals surface area contributed by atoms with Gasteiger partial charge < -0.3 is 14.9 Å². The standard InChI is InChI=1S/C13H16FN5O/c1-18-7-6-16-11(18)8-19(2)13(20)9-4-3-5-10(14)12(9)17-15/h3-7,17H,8,15H2,1-2H3. The number of anilines is 1. The fraction of sp³-hybridized carbons (Fsp3) is 0.231. The molecule has 1 aromatic carbocycles.